The third kappa shape index (κ3) is 6.20. The summed E-state index contributed by atoms with van der Waals surface area (Å²) in [7, 11) is 2.21. The number of unbranched alkanes of at least 4 members (excludes halogenated alkanes) is 1. The lowest BCUT2D eigenvalue weighted by Crippen LogP contribution is -2.32. The normalized spacial score (nSPS) is 16.9. The molecule has 1 aromatic heterocycles. The number of rotatable bonds is 12. The number of nitrogens with zero attached hydrogens (tertiary/aromatic N) is 3. The molecule has 0 amide bonds. The second kappa shape index (κ2) is 14.2. The van der Waals surface area contributed by atoms with Crippen LogP contribution in [0.2, 0.25) is 0 Å². The number of nitrogens with one attached hydrogen (secondary N) is 1. The maximum atomic E-state index is 6.23. The fourth-order valence-corrected chi connectivity index (χ4v) is 8.11. The standard InChI is InChI=1S/C43H48N4O/c1-4-34-31-44-42(46(34)3)43(39-23-11-8-21-37(39)38-22-9-12-24-40(38)43)27-14-15-28-47-29-16-17-33(26-30-47)45-32(2)36-20-10-13-25-41(36)48-35-18-6-5-7-19-35/h5-13,18-25,31,33,45H,2,4,14-17,26-30H2,1,3H3. The van der Waals surface area contributed by atoms with Gasteiger partial charge in [-0.25, -0.2) is 4.98 Å². The minimum Gasteiger partial charge on any atom is -0.457 e. The Morgan fingerprint density at radius 3 is 2.27 bits per heavy atom. The highest BCUT2D eigenvalue weighted by Gasteiger charge is 2.46. The molecule has 5 heteroatoms. The molecule has 4 aromatic carbocycles. The van der Waals surface area contributed by atoms with E-state index in [0.29, 0.717) is 6.04 Å². The second-order valence-corrected chi connectivity index (χ2v) is 13.4. The van der Waals surface area contributed by atoms with E-state index in [0.717, 1.165) is 74.5 Å². The van der Waals surface area contributed by atoms with Crippen LogP contribution in [0.25, 0.3) is 16.8 Å². The zero-order chi connectivity index (χ0) is 32.9. The maximum absolute atomic E-state index is 6.23. The smallest absolute Gasteiger partial charge is 0.136 e. The molecule has 5 aromatic rings. The lowest BCUT2D eigenvalue weighted by atomic mass is 9.73. The van der Waals surface area contributed by atoms with Gasteiger partial charge in [0, 0.05) is 42.8 Å². The highest BCUT2D eigenvalue weighted by molar-refractivity contribution is 5.82. The second-order valence-electron chi connectivity index (χ2n) is 13.4. The van der Waals surface area contributed by atoms with E-state index < -0.39 is 0 Å². The molecule has 7 rings (SSSR count). The molecular weight excluding hydrogens is 589 g/mol. The van der Waals surface area contributed by atoms with Gasteiger partial charge in [-0.15, -0.1) is 0 Å². The molecule has 0 bridgehead atoms. The van der Waals surface area contributed by atoms with Crippen molar-refractivity contribution < 1.29 is 4.74 Å². The van der Waals surface area contributed by atoms with Gasteiger partial charge < -0.3 is 19.5 Å². The zero-order valence-corrected chi connectivity index (χ0v) is 28.5. The van der Waals surface area contributed by atoms with E-state index >= 15 is 0 Å². The van der Waals surface area contributed by atoms with E-state index in [1.54, 1.807) is 0 Å². The van der Waals surface area contributed by atoms with Crippen molar-refractivity contribution in [3.8, 4) is 22.6 Å². The summed E-state index contributed by atoms with van der Waals surface area (Å²) in [6.07, 6.45) is 9.88. The molecule has 0 spiro atoms. The quantitative estimate of drug-likeness (QED) is 0.139. The Morgan fingerprint density at radius 2 is 1.54 bits per heavy atom. The largest absolute Gasteiger partial charge is 0.457 e. The van der Waals surface area contributed by atoms with E-state index in [2.05, 4.69) is 102 Å². The summed E-state index contributed by atoms with van der Waals surface area (Å²) in [6.45, 7) is 10.0. The SMILES string of the molecule is C=C(NC1CCCN(CCCCC2(c3ncc(CC)n3C)c3ccccc3-c3ccccc32)CC1)c1ccccc1Oc1ccccc1. The summed E-state index contributed by atoms with van der Waals surface area (Å²) in [5, 5.41) is 3.77. The van der Waals surface area contributed by atoms with Gasteiger partial charge in [-0.1, -0.05) is 98.8 Å². The Labute approximate surface area is 286 Å². The van der Waals surface area contributed by atoms with Gasteiger partial charge in [-0.2, -0.15) is 0 Å². The number of hydrogen-bond donors (Lipinski definition) is 1. The molecule has 48 heavy (non-hydrogen) atoms. The van der Waals surface area contributed by atoms with E-state index in [9.17, 15) is 0 Å². The molecule has 1 saturated heterocycles. The van der Waals surface area contributed by atoms with E-state index in [4.69, 9.17) is 9.72 Å². The highest BCUT2D eigenvalue weighted by atomic mass is 16.5. The maximum Gasteiger partial charge on any atom is 0.136 e. The lowest BCUT2D eigenvalue weighted by molar-refractivity contribution is 0.273. The van der Waals surface area contributed by atoms with Crippen LogP contribution in [0.4, 0.5) is 0 Å². The molecule has 2 heterocycles. The number of likely N-dealkylation sites (tertiary alicyclic amines) is 1. The molecule has 1 N–H and O–H groups in total. The third-order valence-corrected chi connectivity index (χ3v) is 10.6. The van der Waals surface area contributed by atoms with Crippen molar-refractivity contribution >= 4 is 5.70 Å². The predicted octanol–water partition coefficient (Wildman–Crippen LogP) is 9.37. The van der Waals surface area contributed by atoms with Gasteiger partial charge in [-0.05, 0) is 98.1 Å². The van der Waals surface area contributed by atoms with Gasteiger partial charge >= 0.3 is 0 Å². The van der Waals surface area contributed by atoms with Crippen molar-refractivity contribution in [3.05, 3.63) is 144 Å². The van der Waals surface area contributed by atoms with Crippen LogP contribution in [-0.4, -0.2) is 40.1 Å². The van der Waals surface area contributed by atoms with E-state index in [1.807, 2.05) is 42.5 Å². The Kier molecular flexibility index (Phi) is 9.49. The summed E-state index contributed by atoms with van der Waals surface area (Å²) < 4.78 is 8.59. The van der Waals surface area contributed by atoms with Crippen molar-refractivity contribution in [1.29, 1.82) is 0 Å². The lowest BCUT2D eigenvalue weighted by Gasteiger charge is -2.32. The van der Waals surface area contributed by atoms with Crippen LogP contribution < -0.4 is 10.1 Å². The van der Waals surface area contributed by atoms with Crippen molar-refractivity contribution in [2.24, 2.45) is 7.05 Å². The molecular formula is C43H48N4O. The van der Waals surface area contributed by atoms with E-state index in [-0.39, 0.29) is 5.41 Å². The number of imidazole rings is 1. The number of para-hydroxylation sites is 2. The first-order valence-electron chi connectivity index (χ1n) is 17.8. The number of benzene rings is 4. The highest BCUT2D eigenvalue weighted by Crippen LogP contribution is 2.54. The van der Waals surface area contributed by atoms with Crippen LogP contribution in [0.1, 0.15) is 73.7 Å². The topological polar surface area (TPSA) is 42.3 Å². The molecule has 246 valence electrons. The molecule has 1 aliphatic heterocycles. The van der Waals surface area contributed by atoms with Crippen molar-refractivity contribution in [1.82, 2.24) is 19.8 Å². The first-order chi connectivity index (χ1) is 23.6. The summed E-state index contributed by atoms with van der Waals surface area (Å²) in [6, 6.07) is 36.6. The van der Waals surface area contributed by atoms with Crippen LogP contribution in [0, 0.1) is 0 Å². The third-order valence-electron chi connectivity index (χ3n) is 10.6. The molecule has 1 aliphatic carbocycles. The number of fused-ring (bicyclic) bond motifs is 3. The summed E-state index contributed by atoms with van der Waals surface area (Å²) in [5.74, 6) is 2.84. The fourth-order valence-electron chi connectivity index (χ4n) is 8.11. The minimum absolute atomic E-state index is 0.232. The predicted molar refractivity (Wildman–Crippen MR) is 197 cm³/mol. The van der Waals surface area contributed by atoms with Gasteiger partial charge in [-0.3, -0.25) is 0 Å². The Hall–Kier alpha value is -4.61. The molecule has 2 aliphatic rings. The monoisotopic (exact) mass is 636 g/mol. The van der Waals surface area contributed by atoms with Crippen LogP contribution in [-0.2, 0) is 18.9 Å². The van der Waals surface area contributed by atoms with Gasteiger partial charge in [0.05, 0.1) is 5.41 Å². The summed E-state index contributed by atoms with van der Waals surface area (Å²) in [4.78, 5) is 7.81. The first kappa shape index (κ1) is 32.0. The summed E-state index contributed by atoms with van der Waals surface area (Å²) >= 11 is 0. The van der Waals surface area contributed by atoms with Gasteiger partial charge in [0.15, 0.2) is 0 Å². The number of aryl methyl sites for hydroxylation is 1. The summed E-state index contributed by atoms with van der Waals surface area (Å²) in [5.41, 5.74) is 8.53. The Balaban J connectivity index is 0.995. The molecule has 1 atom stereocenters. The molecule has 1 fully saturated rings. The Bertz CT molecular complexity index is 1810. The zero-order valence-electron chi connectivity index (χ0n) is 28.5. The minimum atomic E-state index is -0.232. The fraction of sp³-hybridized carbons (Fsp3) is 0.326. The van der Waals surface area contributed by atoms with Crippen molar-refractivity contribution in [2.45, 2.75) is 63.3 Å². The number of aromatic nitrogens is 2. The Morgan fingerprint density at radius 1 is 0.854 bits per heavy atom. The van der Waals surface area contributed by atoms with Gasteiger partial charge in [0.25, 0.3) is 0 Å². The average molecular weight is 637 g/mol. The van der Waals surface area contributed by atoms with Gasteiger partial charge in [0.2, 0.25) is 0 Å². The number of ether oxygens (including phenoxy) is 1. The van der Waals surface area contributed by atoms with Crippen LogP contribution >= 0.6 is 0 Å². The molecule has 0 saturated carbocycles. The first-order valence-corrected chi connectivity index (χ1v) is 17.8. The van der Waals surface area contributed by atoms with Crippen LogP contribution in [0.3, 0.4) is 0 Å². The number of hydrogen-bond acceptors (Lipinski definition) is 4. The van der Waals surface area contributed by atoms with Crippen molar-refractivity contribution in [3.63, 3.8) is 0 Å². The molecule has 5 nitrogen and oxygen atoms in total. The molecule has 0 radical (unpaired) electrons. The molecule has 1 unspecified atom stereocenters. The van der Waals surface area contributed by atoms with Gasteiger partial charge in [0.1, 0.15) is 17.3 Å². The average Bonchev–Trinajstić information content (AvgIpc) is 3.53. The van der Waals surface area contributed by atoms with Crippen LogP contribution in [0.5, 0.6) is 11.5 Å². The van der Waals surface area contributed by atoms with E-state index in [1.165, 1.54) is 46.6 Å². The van der Waals surface area contributed by atoms with Crippen LogP contribution in [0.15, 0.2) is 116 Å². The van der Waals surface area contributed by atoms with Crippen molar-refractivity contribution in [2.75, 3.05) is 19.6 Å².